The number of unbranched alkanes of at least 4 members (excludes halogenated alkanes) is 32. The molecule has 0 fully saturated rings. The van der Waals surface area contributed by atoms with Crippen LogP contribution in [0.25, 0.3) is 0 Å². The zero-order valence-corrected chi connectivity index (χ0v) is 45.5. The zero-order valence-electron chi connectivity index (χ0n) is 44.6. The summed E-state index contributed by atoms with van der Waals surface area (Å²) in [5.74, 6) is -0.833. The number of carbonyl (C=O) groups excluding carboxylic acids is 2. The number of phosphoric ester groups is 1. The molecule has 10 heteroatoms. The summed E-state index contributed by atoms with van der Waals surface area (Å²) in [5, 5.41) is 0. The Morgan fingerprint density at radius 2 is 0.806 bits per heavy atom. The summed E-state index contributed by atoms with van der Waals surface area (Å²) in [6.45, 7) is 4.24. The average molecular weight is 966 g/mol. The van der Waals surface area contributed by atoms with Crippen LogP contribution in [0.15, 0.2) is 36.5 Å². The maximum Gasteiger partial charge on any atom is 0.306 e. The Morgan fingerprint density at radius 1 is 0.463 bits per heavy atom. The van der Waals surface area contributed by atoms with Crippen molar-refractivity contribution in [2.45, 2.75) is 270 Å². The number of likely N-dealkylation sites (N-methyl/N-ethyl adjacent to an activating group) is 1. The SMILES string of the molecule is CCCCCC/C=C\C/C=C\CCCCCCCCCC(=O)OC(COC(=O)CCCCCCCCCCCCCCC/C=C\CCCCCCCCCC)COP(=O)([O-])OCC[N+](C)(C)C. The average Bonchev–Trinajstić information content (AvgIpc) is 3.29. The molecule has 0 rings (SSSR count). The summed E-state index contributed by atoms with van der Waals surface area (Å²) in [6.07, 6.45) is 59.0. The second kappa shape index (κ2) is 49.2. The summed E-state index contributed by atoms with van der Waals surface area (Å²) in [7, 11) is 1.17. The molecule has 0 radical (unpaired) electrons. The van der Waals surface area contributed by atoms with Gasteiger partial charge in [-0.3, -0.25) is 14.2 Å². The molecule has 0 aromatic carbocycles. The van der Waals surface area contributed by atoms with Gasteiger partial charge < -0.3 is 27.9 Å². The second-order valence-corrected chi connectivity index (χ2v) is 21.7. The van der Waals surface area contributed by atoms with E-state index in [2.05, 4.69) is 50.3 Å². The summed E-state index contributed by atoms with van der Waals surface area (Å²) in [4.78, 5) is 37.8. The van der Waals surface area contributed by atoms with Crippen molar-refractivity contribution in [1.82, 2.24) is 0 Å². The molecule has 0 aromatic rings. The van der Waals surface area contributed by atoms with Gasteiger partial charge in [-0.25, -0.2) is 0 Å². The quantitative estimate of drug-likeness (QED) is 0.0195. The van der Waals surface area contributed by atoms with Crippen LogP contribution in [-0.4, -0.2) is 70.0 Å². The molecule has 394 valence electrons. The molecule has 0 saturated heterocycles. The number of quaternary nitrogens is 1. The van der Waals surface area contributed by atoms with Crippen molar-refractivity contribution in [2.75, 3.05) is 47.5 Å². The van der Waals surface area contributed by atoms with Crippen molar-refractivity contribution in [2.24, 2.45) is 0 Å². The minimum absolute atomic E-state index is 0.0317. The van der Waals surface area contributed by atoms with E-state index >= 15 is 0 Å². The van der Waals surface area contributed by atoms with Crippen LogP contribution in [0.4, 0.5) is 0 Å². The number of carbonyl (C=O) groups is 2. The maximum absolute atomic E-state index is 12.8. The zero-order chi connectivity index (χ0) is 49.2. The van der Waals surface area contributed by atoms with Crippen molar-refractivity contribution in [3.05, 3.63) is 36.5 Å². The van der Waals surface area contributed by atoms with E-state index in [4.69, 9.17) is 18.5 Å². The van der Waals surface area contributed by atoms with E-state index in [1.54, 1.807) is 0 Å². The van der Waals surface area contributed by atoms with Crippen LogP contribution in [-0.2, 0) is 32.7 Å². The van der Waals surface area contributed by atoms with Crippen LogP contribution in [0.3, 0.4) is 0 Å². The molecule has 2 atom stereocenters. The Hall–Kier alpha value is -1.77. The van der Waals surface area contributed by atoms with Crippen LogP contribution >= 0.6 is 7.82 Å². The molecular formula is C57H108NO8P. The molecule has 0 aliphatic heterocycles. The number of esters is 2. The van der Waals surface area contributed by atoms with Gasteiger partial charge in [0.15, 0.2) is 6.10 Å². The topological polar surface area (TPSA) is 111 Å². The molecule has 0 N–H and O–H groups in total. The van der Waals surface area contributed by atoms with Crippen molar-refractivity contribution < 1.29 is 42.1 Å². The van der Waals surface area contributed by atoms with Gasteiger partial charge in [-0.15, -0.1) is 0 Å². The number of allylic oxidation sites excluding steroid dienone is 6. The summed E-state index contributed by atoms with van der Waals surface area (Å²) >= 11 is 0. The molecule has 0 heterocycles. The van der Waals surface area contributed by atoms with Crippen LogP contribution in [0, 0.1) is 0 Å². The van der Waals surface area contributed by atoms with Gasteiger partial charge in [0.05, 0.1) is 27.7 Å². The number of hydrogen-bond acceptors (Lipinski definition) is 8. The van der Waals surface area contributed by atoms with E-state index in [0.717, 1.165) is 51.4 Å². The number of rotatable bonds is 52. The van der Waals surface area contributed by atoms with Gasteiger partial charge in [0.1, 0.15) is 19.8 Å². The van der Waals surface area contributed by atoms with E-state index in [9.17, 15) is 19.0 Å². The highest BCUT2D eigenvalue weighted by Crippen LogP contribution is 2.38. The Morgan fingerprint density at radius 3 is 1.21 bits per heavy atom. The third-order valence-corrected chi connectivity index (χ3v) is 13.3. The highest BCUT2D eigenvalue weighted by molar-refractivity contribution is 7.45. The van der Waals surface area contributed by atoms with Gasteiger partial charge in [-0.05, 0) is 70.6 Å². The first kappa shape index (κ1) is 65.2. The number of nitrogens with zero attached hydrogens (tertiary/aromatic N) is 1. The molecule has 67 heavy (non-hydrogen) atoms. The number of ether oxygens (including phenoxy) is 2. The molecule has 2 unspecified atom stereocenters. The fourth-order valence-corrected chi connectivity index (χ4v) is 8.70. The fourth-order valence-electron chi connectivity index (χ4n) is 7.98. The van der Waals surface area contributed by atoms with Gasteiger partial charge in [-0.1, -0.05) is 217 Å². The Balaban J connectivity index is 4.15. The molecule has 0 aliphatic carbocycles. The minimum atomic E-state index is -4.63. The summed E-state index contributed by atoms with van der Waals surface area (Å²) in [5.41, 5.74) is 0. The molecular weight excluding hydrogens is 858 g/mol. The van der Waals surface area contributed by atoms with E-state index in [1.807, 2.05) is 21.1 Å². The predicted molar refractivity (Wildman–Crippen MR) is 282 cm³/mol. The Labute approximate surface area is 414 Å². The Kier molecular flexibility index (Phi) is 47.9. The van der Waals surface area contributed by atoms with Crippen molar-refractivity contribution >= 4 is 19.8 Å². The van der Waals surface area contributed by atoms with Crippen molar-refractivity contribution in [1.29, 1.82) is 0 Å². The van der Waals surface area contributed by atoms with E-state index in [0.29, 0.717) is 17.4 Å². The molecule has 0 spiro atoms. The highest BCUT2D eigenvalue weighted by atomic mass is 31.2. The summed E-state index contributed by atoms with van der Waals surface area (Å²) < 4.78 is 34.1. The first-order valence-electron chi connectivity index (χ1n) is 28.2. The highest BCUT2D eigenvalue weighted by Gasteiger charge is 2.21. The number of phosphoric acid groups is 1. The third-order valence-electron chi connectivity index (χ3n) is 12.4. The number of hydrogen-bond donors (Lipinski definition) is 0. The first-order chi connectivity index (χ1) is 32.5. The standard InChI is InChI=1S/C57H108NO8P/c1-6-8-10-12-14-16-18-20-22-24-26-27-28-29-30-31-32-34-35-37-39-41-43-45-47-49-56(59)63-53-55(54-65-67(61,62)64-52-51-58(3,4)5)66-57(60)50-48-46-44-42-40-38-36-33-25-23-21-19-17-15-13-11-9-7-2/h17,19,23-26,55H,6-16,18,20-22,27-54H2,1-5H3/b19-17-,25-23-,26-24-. The molecule has 0 bridgehead atoms. The second-order valence-electron chi connectivity index (χ2n) is 20.3. The molecule has 0 saturated carbocycles. The van der Waals surface area contributed by atoms with Gasteiger partial charge in [0, 0.05) is 12.8 Å². The molecule has 9 nitrogen and oxygen atoms in total. The first-order valence-corrected chi connectivity index (χ1v) is 29.7. The molecule has 0 amide bonds. The van der Waals surface area contributed by atoms with Gasteiger partial charge in [-0.2, -0.15) is 0 Å². The van der Waals surface area contributed by atoms with Gasteiger partial charge in [0.2, 0.25) is 0 Å². The summed E-state index contributed by atoms with van der Waals surface area (Å²) in [6, 6.07) is 0. The predicted octanol–water partition coefficient (Wildman–Crippen LogP) is 16.6. The lowest BCUT2D eigenvalue weighted by molar-refractivity contribution is -0.870. The fraction of sp³-hybridized carbons (Fsp3) is 0.860. The van der Waals surface area contributed by atoms with Crippen molar-refractivity contribution in [3.63, 3.8) is 0 Å². The normalized spacial score (nSPS) is 13.6. The monoisotopic (exact) mass is 966 g/mol. The van der Waals surface area contributed by atoms with Crippen molar-refractivity contribution in [3.8, 4) is 0 Å². The van der Waals surface area contributed by atoms with E-state index in [-0.39, 0.29) is 32.0 Å². The van der Waals surface area contributed by atoms with Crippen LogP contribution < -0.4 is 4.89 Å². The van der Waals surface area contributed by atoms with Crippen LogP contribution in [0.2, 0.25) is 0 Å². The van der Waals surface area contributed by atoms with E-state index in [1.165, 1.54) is 180 Å². The lowest BCUT2D eigenvalue weighted by atomic mass is 10.0. The van der Waals surface area contributed by atoms with Crippen LogP contribution in [0.5, 0.6) is 0 Å². The Bertz CT molecular complexity index is 1230. The van der Waals surface area contributed by atoms with Gasteiger partial charge in [0.25, 0.3) is 7.82 Å². The van der Waals surface area contributed by atoms with Gasteiger partial charge >= 0.3 is 11.9 Å². The smallest absolute Gasteiger partial charge is 0.306 e. The maximum atomic E-state index is 12.8. The minimum Gasteiger partial charge on any atom is -0.756 e. The largest absolute Gasteiger partial charge is 0.756 e. The lowest BCUT2D eigenvalue weighted by Crippen LogP contribution is -2.37. The third kappa shape index (κ3) is 53.4. The molecule has 0 aliphatic rings. The lowest BCUT2D eigenvalue weighted by Gasteiger charge is -2.28. The molecule has 0 aromatic heterocycles. The van der Waals surface area contributed by atoms with Crippen LogP contribution in [0.1, 0.15) is 264 Å². The van der Waals surface area contributed by atoms with E-state index < -0.39 is 26.5 Å².